The average molecular weight is 164 g/mol. The van der Waals surface area contributed by atoms with Crippen molar-refractivity contribution < 1.29 is 0 Å². The summed E-state index contributed by atoms with van der Waals surface area (Å²) >= 11 is 3.39. The van der Waals surface area contributed by atoms with E-state index in [-0.39, 0.29) is 8.90 Å². The van der Waals surface area contributed by atoms with E-state index in [9.17, 15) is 0 Å². The van der Waals surface area contributed by atoms with Crippen LogP contribution in [0.25, 0.3) is 0 Å². The van der Waals surface area contributed by atoms with Crippen molar-refractivity contribution in [2.24, 2.45) is 0 Å². The minimum absolute atomic E-state index is 0.279. The Hall–Kier alpha value is 0.180. The van der Waals surface area contributed by atoms with Gasteiger partial charge in [0.05, 0.1) is 8.90 Å². The molecular formula is C4H4BrS+. The molecule has 0 nitrogen and oxygen atoms in total. The van der Waals surface area contributed by atoms with E-state index in [1.165, 1.54) is 0 Å². The first kappa shape index (κ1) is 4.34. The molecule has 6 heavy (non-hydrogen) atoms. The summed E-state index contributed by atoms with van der Waals surface area (Å²) in [6.45, 7) is 0. The highest BCUT2D eigenvalue weighted by Crippen LogP contribution is 2.22. The van der Waals surface area contributed by atoms with Crippen LogP contribution in [0, 0.1) is 0 Å². The van der Waals surface area contributed by atoms with E-state index >= 15 is 0 Å². The van der Waals surface area contributed by atoms with Gasteiger partial charge in [0.15, 0.2) is 0 Å². The van der Waals surface area contributed by atoms with E-state index < -0.39 is 0 Å². The second-order valence-electron chi connectivity index (χ2n) is 0.971. The van der Waals surface area contributed by atoms with E-state index in [1.807, 2.05) is 12.1 Å². The molecular weight excluding hydrogens is 160 g/mol. The van der Waals surface area contributed by atoms with Crippen LogP contribution >= 0.6 is 23.7 Å². The Bertz CT molecular complexity index is 111. The van der Waals surface area contributed by atoms with Gasteiger partial charge in [-0.3, -0.25) is 0 Å². The molecule has 0 atom stereocenters. The average Bonchev–Trinajstić information content (AvgIpc) is 1.86. The highest BCUT2D eigenvalue weighted by Gasteiger charge is 1.88. The Morgan fingerprint density at radius 3 is 1.83 bits per heavy atom. The van der Waals surface area contributed by atoms with Crippen molar-refractivity contribution in [3.8, 4) is 0 Å². The summed E-state index contributed by atoms with van der Waals surface area (Å²) in [5.41, 5.74) is 0. The predicted octanol–water partition coefficient (Wildman–Crippen LogP) is 2.59. The summed E-state index contributed by atoms with van der Waals surface area (Å²) < 4.78 is 0. The van der Waals surface area contributed by atoms with Crippen molar-refractivity contribution in [3.63, 3.8) is 0 Å². The minimum Gasteiger partial charge on any atom is -0.00422 e. The van der Waals surface area contributed by atoms with Gasteiger partial charge in [0.1, 0.15) is 10.8 Å². The normalized spacial score (nSPS) is 8.83. The molecule has 0 amide bonds. The summed E-state index contributed by atoms with van der Waals surface area (Å²) in [5.74, 6) is 0. The smallest absolute Gasteiger partial charge is 0.00422 e. The third-order valence-electron chi connectivity index (χ3n) is 0.528. The van der Waals surface area contributed by atoms with Crippen LogP contribution in [0.1, 0.15) is 0 Å². The predicted molar refractivity (Wildman–Crippen MR) is 33.2 cm³/mol. The topological polar surface area (TPSA) is 0 Å². The number of hydrogen-bond donors (Lipinski definition) is 0. The number of thiophene rings is 1. The van der Waals surface area contributed by atoms with Crippen molar-refractivity contribution in [3.05, 3.63) is 22.9 Å². The molecule has 0 unspecified atom stereocenters. The van der Waals surface area contributed by atoms with Crippen molar-refractivity contribution in [2.45, 2.75) is 0 Å². The molecule has 1 aromatic rings. The first-order chi connectivity index (χ1) is 2.89. The van der Waals surface area contributed by atoms with Crippen LogP contribution < -0.4 is 0 Å². The molecule has 0 aromatic carbocycles. The molecule has 0 aliphatic heterocycles. The van der Waals surface area contributed by atoms with E-state index in [0.29, 0.717) is 0 Å². The zero-order valence-electron chi connectivity index (χ0n) is 3.10. The maximum absolute atomic E-state index is 3.39. The monoisotopic (exact) mass is 163 g/mol. The Labute approximate surface area is 47.0 Å². The molecule has 0 aliphatic rings. The third-order valence-corrected chi connectivity index (χ3v) is 2.66. The lowest BCUT2D eigenvalue weighted by atomic mass is 10.7. The van der Waals surface area contributed by atoms with Crippen molar-refractivity contribution in [1.82, 2.24) is 0 Å². The Morgan fingerprint density at radius 1 is 1.17 bits per heavy atom. The molecule has 1 rings (SSSR count). The zero-order valence-corrected chi connectivity index (χ0v) is 5.50. The molecule has 0 bridgehead atoms. The molecule has 0 saturated carbocycles. The van der Waals surface area contributed by atoms with Gasteiger partial charge in [0, 0.05) is 0 Å². The first-order valence-electron chi connectivity index (χ1n) is 1.63. The zero-order chi connectivity index (χ0) is 4.41. The second-order valence-corrected chi connectivity index (χ2v) is 4.39. The van der Waals surface area contributed by atoms with Gasteiger partial charge in [0.2, 0.25) is 0 Å². The standard InChI is InChI=1S/C4H4BrS/c5-6-3-1-2-4-6/h1-4H/q+1. The highest BCUT2D eigenvalue weighted by molar-refractivity contribution is 9.34. The van der Waals surface area contributed by atoms with E-state index in [1.54, 1.807) is 0 Å². The fourth-order valence-corrected chi connectivity index (χ4v) is 1.61. The van der Waals surface area contributed by atoms with Crippen LogP contribution in [0.5, 0.6) is 0 Å². The van der Waals surface area contributed by atoms with Crippen molar-refractivity contribution in [1.29, 1.82) is 0 Å². The van der Waals surface area contributed by atoms with E-state index in [2.05, 4.69) is 25.6 Å². The van der Waals surface area contributed by atoms with Gasteiger partial charge < -0.3 is 0 Å². The van der Waals surface area contributed by atoms with Crippen LogP contribution in [0.4, 0.5) is 0 Å². The molecule has 0 saturated heterocycles. The fraction of sp³-hybridized carbons (Fsp3) is 0. The van der Waals surface area contributed by atoms with Gasteiger partial charge in [-0.1, -0.05) is 0 Å². The molecule has 1 aromatic heterocycles. The van der Waals surface area contributed by atoms with Crippen LogP contribution in [-0.4, -0.2) is 0 Å². The van der Waals surface area contributed by atoms with Gasteiger partial charge in [0.25, 0.3) is 14.8 Å². The SMILES string of the molecule is Br[s+]1cccc1. The van der Waals surface area contributed by atoms with Crippen LogP contribution in [-0.2, 0) is 0 Å². The summed E-state index contributed by atoms with van der Waals surface area (Å²) in [5, 5.41) is 4.22. The molecule has 32 valence electrons. The van der Waals surface area contributed by atoms with Crippen LogP contribution in [0.15, 0.2) is 22.9 Å². The van der Waals surface area contributed by atoms with Gasteiger partial charge in [-0.05, 0) is 12.1 Å². The van der Waals surface area contributed by atoms with Crippen molar-refractivity contribution in [2.75, 3.05) is 0 Å². The van der Waals surface area contributed by atoms with Gasteiger partial charge >= 0.3 is 0 Å². The van der Waals surface area contributed by atoms with E-state index in [0.717, 1.165) is 0 Å². The van der Waals surface area contributed by atoms with E-state index in [4.69, 9.17) is 0 Å². The number of hydrogen-bond acceptors (Lipinski definition) is 0. The molecule has 0 spiro atoms. The quantitative estimate of drug-likeness (QED) is 0.517. The number of halogens is 1. The summed E-state index contributed by atoms with van der Waals surface area (Å²) in [6, 6.07) is 4.08. The summed E-state index contributed by atoms with van der Waals surface area (Å²) in [6.07, 6.45) is 0. The van der Waals surface area contributed by atoms with Crippen molar-refractivity contribution >= 4 is 23.7 Å². The molecule has 0 aliphatic carbocycles. The minimum atomic E-state index is 0.279. The van der Waals surface area contributed by atoms with Gasteiger partial charge in [-0.25, -0.2) is 0 Å². The molecule has 2 heteroatoms. The fourth-order valence-electron chi connectivity index (χ4n) is 0.286. The lowest BCUT2D eigenvalue weighted by molar-refractivity contribution is 2.03. The van der Waals surface area contributed by atoms with Crippen LogP contribution in [0.3, 0.4) is 0 Å². The third kappa shape index (κ3) is 0.820. The molecule has 0 radical (unpaired) electrons. The highest BCUT2D eigenvalue weighted by atomic mass is 79.9. The molecule has 1 heterocycles. The first-order valence-corrected chi connectivity index (χ1v) is 4.82. The van der Waals surface area contributed by atoms with Gasteiger partial charge in [-0.2, -0.15) is 0 Å². The Balaban J connectivity index is 3.05. The maximum Gasteiger partial charge on any atom is 0.268 e. The van der Waals surface area contributed by atoms with Gasteiger partial charge in [-0.15, -0.1) is 0 Å². The van der Waals surface area contributed by atoms with Crippen LogP contribution in [0.2, 0.25) is 0 Å². The Kier molecular flexibility index (Phi) is 1.27. The summed E-state index contributed by atoms with van der Waals surface area (Å²) in [7, 11) is 0.279. The molecule has 0 fully saturated rings. The molecule has 0 N–H and O–H groups in total. The number of rotatable bonds is 0. The Morgan fingerprint density at radius 2 is 1.67 bits per heavy atom. The maximum atomic E-state index is 3.39. The lowest BCUT2D eigenvalue weighted by Gasteiger charge is -1.49. The second kappa shape index (κ2) is 1.76. The summed E-state index contributed by atoms with van der Waals surface area (Å²) in [4.78, 5) is 0. The lowest BCUT2D eigenvalue weighted by Crippen LogP contribution is -1.17. The largest absolute Gasteiger partial charge is 0.268 e.